The maximum atomic E-state index is 13.3. The zero-order valence-electron chi connectivity index (χ0n) is 12.4. The number of anilines is 1. The zero-order chi connectivity index (χ0) is 15.6. The molecule has 0 N–H and O–H groups in total. The molecule has 1 fully saturated rings. The summed E-state index contributed by atoms with van der Waals surface area (Å²) in [5, 5.41) is 0. The van der Waals surface area contributed by atoms with Crippen LogP contribution in [0.5, 0.6) is 0 Å². The number of piperazine rings is 1. The van der Waals surface area contributed by atoms with Gasteiger partial charge in [-0.1, -0.05) is 0 Å². The number of pyridine rings is 1. The molecule has 0 radical (unpaired) electrons. The molecule has 1 amide bonds. The van der Waals surface area contributed by atoms with Crippen LogP contribution in [0.3, 0.4) is 0 Å². The molecule has 0 unspecified atom stereocenters. The van der Waals surface area contributed by atoms with E-state index in [4.69, 9.17) is 4.74 Å². The molecule has 5 nitrogen and oxygen atoms in total. The van der Waals surface area contributed by atoms with E-state index in [1.54, 1.807) is 4.90 Å². The molecule has 1 aromatic heterocycles. The summed E-state index contributed by atoms with van der Waals surface area (Å²) in [6.07, 6.45) is 0.864. The molecule has 0 bridgehead atoms. The number of nitrogens with zero attached hydrogens (tertiary/aromatic N) is 3. The Morgan fingerprint density at radius 2 is 1.95 bits per heavy atom. The number of aromatic nitrogens is 1. The number of rotatable bonds is 1. The van der Waals surface area contributed by atoms with Crippen molar-refractivity contribution in [3.05, 3.63) is 22.7 Å². The van der Waals surface area contributed by atoms with Crippen molar-refractivity contribution in [3.63, 3.8) is 0 Å². The minimum absolute atomic E-state index is 0.307. The van der Waals surface area contributed by atoms with E-state index >= 15 is 0 Å². The Kier molecular flexibility index (Phi) is 4.70. The highest BCUT2D eigenvalue weighted by Gasteiger charge is 2.26. The van der Waals surface area contributed by atoms with Crippen LogP contribution >= 0.6 is 15.9 Å². The molecular weight excluding hydrogens is 341 g/mol. The largest absolute Gasteiger partial charge is 0.444 e. The van der Waals surface area contributed by atoms with Crippen molar-refractivity contribution in [1.29, 1.82) is 0 Å². The third-order valence-corrected chi connectivity index (χ3v) is 3.67. The number of carbonyl (C=O) groups excluding carboxylic acids is 1. The van der Waals surface area contributed by atoms with E-state index in [0.717, 1.165) is 0 Å². The maximum absolute atomic E-state index is 13.3. The minimum atomic E-state index is -0.496. The molecule has 0 spiro atoms. The molecule has 0 aliphatic carbocycles. The van der Waals surface area contributed by atoms with Crippen molar-refractivity contribution < 1.29 is 13.9 Å². The zero-order valence-corrected chi connectivity index (χ0v) is 14.0. The standard InChI is InChI=1S/C14H19BrFN3O2/c1-14(2,3)21-13(20)19-6-4-18(5-7-19)11-8-10(16)9-17-12(11)15/h8-9H,4-7H2,1-3H3. The van der Waals surface area contributed by atoms with Gasteiger partial charge >= 0.3 is 6.09 Å². The van der Waals surface area contributed by atoms with Gasteiger partial charge in [0.15, 0.2) is 0 Å². The van der Waals surface area contributed by atoms with Crippen LogP contribution in [-0.4, -0.2) is 47.8 Å². The fourth-order valence-electron chi connectivity index (χ4n) is 2.09. The minimum Gasteiger partial charge on any atom is -0.444 e. The summed E-state index contributed by atoms with van der Waals surface area (Å²) in [5.74, 6) is -0.372. The second kappa shape index (κ2) is 6.17. The van der Waals surface area contributed by atoms with Crippen molar-refractivity contribution in [3.8, 4) is 0 Å². The quantitative estimate of drug-likeness (QED) is 0.723. The Hall–Kier alpha value is -1.37. The Morgan fingerprint density at radius 3 is 2.52 bits per heavy atom. The average molecular weight is 360 g/mol. The van der Waals surface area contributed by atoms with Crippen LogP contribution in [0.15, 0.2) is 16.9 Å². The molecule has 21 heavy (non-hydrogen) atoms. The van der Waals surface area contributed by atoms with Gasteiger partial charge in [0.05, 0.1) is 11.9 Å². The molecule has 116 valence electrons. The van der Waals surface area contributed by atoms with E-state index in [9.17, 15) is 9.18 Å². The van der Waals surface area contributed by atoms with Crippen LogP contribution in [0.4, 0.5) is 14.9 Å². The van der Waals surface area contributed by atoms with Gasteiger partial charge in [0, 0.05) is 32.2 Å². The summed E-state index contributed by atoms with van der Waals surface area (Å²) in [6.45, 7) is 7.84. The lowest BCUT2D eigenvalue weighted by Crippen LogP contribution is -2.50. The molecule has 1 aliphatic rings. The van der Waals surface area contributed by atoms with Crippen molar-refractivity contribution in [2.45, 2.75) is 26.4 Å². The van der Waals surface area contributed by atoms with E-state index in [-0.39, 0.29) is 11.9 Å². The third-order valence-electron chi connectivity index (χ3n) is 3.06. The van der Waals surface area contributed by atoms with Crippen LogP contribution in [0.25, 0.3) is 0 Å². The van der Waals surface area contributed by atoms with Crippen LogP contribution in [0, 0.1) is 5.82 Å². The second-order valence-electron chi connectivity index (χ2n) is 5.92. The van der Waals surface area contributed by atoms with Gasteiger partial charge in [-0.05, 0) is 36.7 Å². The van der Waals surface area contributed by atoms with Gasteiger partial charge in [0.2, 0.25) is 0 Å². The van der Waals surface area contributed by atoms with Gasteiger partial charge in [0.1, 0.15) is 16.0 Å². The SMILES string of the molecule is CC(C)(C)OC(=O)N1CCN(c2cc(F)cnc2Br)CC1. The fraction of sp³-hybridized carbons (Fsp3) is 0.571. The van der Waals surface area contributed by atoms with Crippen LogP contribution in [0.1, 0.15) is 20.8 Å². The average Bonchev–Trinajstić information content (AvgIpc) is 2.40. The van der Waals surface area contributed by atoms with Gasteiger partial charge in [0.25, 0.3) is 0 Å². The van der Waals surface area contributed by atoms with E-state index < -0.39 is 5.60 Å². The van der Waals surface area contributed by atoms with Gasteiger partial charge in [-0.3, -0.25) is 0 Å². The Morgan fingerprint density at radius 1 is 1.33 bits per heavy atom. The maximum Gasteiger partial charge on any atom is 0.410 e. The first-order chi connectivity index (χ1) is 9.76. The number of halogens is 2. The molecule has 7 heteroatoms. The van der Waals surface area contributed by atoms with Gasteiger partial charge in [-0.25, -0.2) is 14.2 Å². The number of ether oxygens (including phenoxy) is 1. The number of amides is 1. The lowest BCUT2D eigenvalue weighted by Gasteiger charge is -2.36. The van der Waals surface area contributed by atoms with E-state index in [0.29, 0.717) is 36.5 Å². The van der Waals surface area contributed by atoms with E-state index in [2.05, 4.69) is 20.9 Å². The highest BCUT2D eigenvalue weighted by atomic mass is 79.9. The second-order valence-corrected chi connectivity index (χ2v) is 6.67. The predicted molar refractivity (Wildman–Crippen MR) is 81.9 cm³/mol. The van der Waals surface area contributed by atoms with Crippen molar-refractivity contribution in [2.75, 3.05) is 31.1 Å². The Bertz CT molecular complexity index is 525. The molecule has 0 atom stereocenters. The van der Waals surface area contributed by atoms with Crippen molar-refractivity contribution in [1.82, 2.24) is 9.88 Å². The Balaban J connectivity index is 1.97. The fourth-order valence-corrected chi connectivity index (χ4v) is 2.56. The first-order valence-electron chi connectivity index (χ1n) is 6.80. The first kappa shape index (κ1) is 16.0. The van der Waals surface area contributed by atoms with E-state index in [1.807, 2.05) is 25.7 Å². The molecule has 1 aromatic rings. The summed E-state index contributed by atoms with van der Waals surface area (Å²) < 4.78 is 19.3. The number of carbonyl (C=O) groups is 1. The number of hydrogen-bond acceptors (Lipinski definition) is 4. The Labute approximate surface area is 132 Å². The third kappa shape index (κ3) is 4.30. The van der Waals surface area contributed by atoms with Gasteiger partial charge < -0.3 is 14.5 Å². The summed E-state index contributed by atoms with van der Waals surface area (Å²) in [7, 11) is 0. The molecule has 0 saturated carbocycles. The highest BCUT2D eigenvalue weighted by molar-refractivity contribution is 9.10. The molecule has 1 saturated heterocycles. The summed E-state index contributed by atoms with van der Waals surface area (Å²) in [6, 6.07) is 1.44. The van der Waals surface area contributed by atoms with Crippen molar-refractivity contribution in [2.24, 2.45) is 0 Å². The molecule has 0 aromatic carbocycles. The van der Waals surface area contributed by atoms with E-state index in [1.165, 1.54) is 12.3 Å². The smallest absolute Gasteiger partial charge is 0.410 e. The molecule has 2 rings (SSSR count). The summed E-state index contributed by atoms with van der Waals surface area (Å²) in [5.41, 5.74) is 0.211. The topological polar surface area (TPSA) is 45.7 Å². The van der Waals surface area contributed by atoms with Crippen LogP contribution in [0.2, 0.25) is 0 Å². The van der Waals surface area contributed by atoms with Gasteiger partial charge in [-0.15, -0.1) is 0 Å². The normalized spacial score (nSPS) is 16.0. The summed E-state index contributed by atoms with van der Waals surface area (Å²) in [4.78, 5) is 19.6. The lowest BCUT2D eigenvalue weighted by molar-refractivity contribution is 0.0240. The predicted octanol–water partition coefficient (Wildman–Crippen LogP) is 3.04. The molecule has 1 aliphatic heterocycles. The van der Waals surface area contributed by atoms with Crippen LogP contribution < -0.4 is 4.90 Å². The molecular formula is C14H19BrFN3O2. The first-order valence-corrected chi connectivity index (χ1v) is 7.59. The highest BCUT2D eigenvalue weighted by Crippen LogP contribution is 2.26. The summed E-state index contributed by atoms with van der Waals surface area (Å²) >= 11 is 3.33. The van der Waals surface area contributed by atoms with Crippen LogP contribution in [-0.2, 0) is 4.74 Å². The lowest BCUT2D eigenvalue weighted by atomic mass is 10.2. The van der Waals surface area contributed by atoms with Crippen molar-refractivity contribution >= 4 is 27.7 Å². The molecule has 2 heterocycles. The monoisotopic (exact) mass is 359 g/mol. The van der Waals surface area contributed by atoms with Gasteiger partial charge in [-0.2, -0.15) is 0 Å². The number of hydrogen-bond donors (Lipinski definition) is 0.